The Kier molecular flexibility index (Phi) is 9.55. The van der Waals surface area contributed by atoms with Gasteiger partial charge in [-0.2, -0.15) is 0 Å². The smallest absolute Gasteiger partial charge is 0.320 e. The maximum Gasteiger partial charge on any atom is 0.320 e. The maximum absolute atomic E-state index is 11.7. The summed E-state index contributed by atoms with van der Waals surface area (Å²) < 4.78 is 5.75. The molecule has 1 rings (SSSR count). The van der Waals surface area contributed by atoms with Crippen molar-refractivity contribution < 1.29 is 19.4 Å². The van der Waals surface area contributed by atoms with Gasteiger partial charge in [-0.25, -0.2) is 0 Å². The zero-order valence-electron chi connectivity index (χ0n) is 15.2. The quantitative estimate of drug-likeness (QED) is 0.576. The third-order valence-electron chi connectivity index (χ3n) is 4.69. The second kappa shape index (κ2) is 10.0. The molecule has 1 aliphatic rings. The Balaban J connectivity index is 0.00000529. The number of carboxylic acid groups (broad SMARTS) is 1. The summed E-state index contributed by atoms with van der Waals surface area (Å²) in [4.78, 5) is 23.1. The minimum Gasteiger partial charge on any atom is -0.480 e. The van der Waals surface area contributed by atoms with Crippen molar-refractivity contribution in [3.8, 4) is 0 Å². The van der Waals surface area contributed by atoms with Crippen LogP contribution in [-0.4, -0.2) is 47.8 Å². The highest BCUT2D eigenvalue weighted by Crippen LogP contribution is 2.32. The number of halogens is 1. The predicted molar refractivity (Wildman–Crippen MR) is 96.4 cm³/mol. The number of rotatable bonds is 8. The third kappa shape index (κ3) is 5.46. The van der Waals surface area contributed by atoms with Gasteiger partial charge in [0.25, 0.3) is 0 Å². The zero-order chi connectivity index (χ0) is 17.6. The molecule has 0 spiro atoms. The van der Waals surface area contributed by atoms with Gasteiger partial charge in [0.1, 0.15) is 6.04 Å². The summed E-state index contributed by atoms with van der Waals surface area (Å²) >= 11 is 0. The fraction of sp³-hybridized carbons (Fsp3) is 0.765. The molecule has 140 valence electrons. The second-order valence-corrected chi connectivity index (χ2v) is 6.45. The van der Waals surface area contributed by atoms with Crippen molar-refractivity contribution in [2.75, 3.05) is 7.11 Å². The van der Waals surface area contributed by atoms with Crippen LogP contribution in [0.2, 0.25) is 0 Å². The molecule has 7 heteroatoms. The van der Waals surface area contributed by atoms with Gasteiger partial charge in [0.05, 0.1) is 11.6 Å². The van der Waals surface area contributed by atoms with Crippen LogP contribution in [-0.2, 0) is 14.3 Å². The van der Waals surface area contributed by atoms with Crippen LogP contribution in [0, 0.1) is 5.92 Å². The van der Waals surface area contributed by atoms with E-state index < -0.39 is 17.6 Å². The fourth-order valence-corrected chi connectivity index (χ4v) is 3.53. The molecule has 0 aromatic heterocycles. The lowest BCUT2D eigenvalue weighted by Crippen LogP contribution is -2.62. The van der Waals surface area contributed by atoms with Gasteiger partial charge in [0.15, 0.2) is 0 Å². The minimum absolute atomic E-state index is 0. The van der Waals surface area contributed by atoms with Gasteiger partial charge in [-0.15, -0.1) is 12.4 Å². The molecule has 0 saturated carbocycles. The van der Waals surface area contributed by atoms with Gasteiger partial charge in [0, 0.05) is 20.1 Å². The van der Waals surface area contributed by atoms with Crippen LogP contribution < -0.4 is 10.6 Å². The molecule has 0 aliphatic carbocycles. The number of amides is 1. The van der Waals surface area contributed by atoms with Crippen molar-refractivity contribution in [2.45, 2.75) is 70.7 Å². The van der Waals surface area contributed by atoms with Crippen LogP contribution in [0.4, 0.5) is 0 Å². The Labute approximate surface area is 150 Å². The van der Waals surface area contributed by atoms with Crippen LogP contribution in [0.1, 0.15) is 47.0 Å². The van der Waals surface area contributed by atoms with E-state index in [0.29, 0.717) is 6.42 Å². The highest BCUT2D eigenvalue weighted by Gasteiger charge is 2.47. The highest BCUT2D eigenvalue weighted by atomic mass is 35.5. The lowest BCUT2D eigenvalue weighted by molar-refractivity contribution is -0.139. The first-order valence-corrected chi connectivity index (χ1v) is 8.23. The number of hydrogen-bond acceptors (Lipinski definition) is 4. The van der Waals surface area contributed by atoms with Gasteiger partial charge < -0.3 is 15.2 Å². The monoisotopic (exact) mass is 362 g/mol. The number of ether oxygens (including phenoxy) is 1. The van der Waals surface area contributed by atoms with Gasteiger partial charge in [-0.1, -0.05) is 25.5 Å². The van der Waals surface area contributed by atoms with Gasteiger partial charge in [-0.3, -0.25) is 14.9 Å². The van der Waals surface area contributed by atoms with E-state index in [-0.39, 0.29) is 36.3 Å². The number of allylic oxidation sites excluding steroid dienone is 1. The molecule has 1 amide bonds. The predicted octanol–water partition coefficient (Wildman–Crippen LogP) is 2.13. The normalized spacial score (nSPS) is 27.3. The molecular weight excluding hydrogens is 332 g/mol. The van der Waals surface area contributed by atoms with Crippen LogP contribution in [0.15, 0.2) is 12.2 Å². The minimum atomic E-state index is -0.863. The Morgan fingerprint density at radius 2 is 2.12 bits per heavy atom. The molecule has 1 fully saturated rings. The molecule has 1 saturated heterocycles. The molecule has 24 heavy (non-hydrogen) atoms. The van der Waals surface area contributed by atoms with E-state index in [9.17, 15) is 14.7 Å². The number of aliphatic carboxylic acids is 1. The van der Waals surface area contributed by atoms with Gasteiger partial charge in [-0.05, 0) is 32.6 Å². The summed E-state index contributed by atoms with van der Waals surface area (Å²) in [5.41, 5.74) is -0.564. The lowest BCUT2D eigenvalue weighted by atomic mass is 9.81. The molecule has 0 aromatic rings. The average Bonchev–Trinajstić information content (AvgIpc) is 2.89. The third-order valence-corrected chi connectivity index (χ3v) is 4.69. The number of nitrogens with one attached hydrogen (secondary N) is 2. The molecular formula is C17H31ClN2O4. The first kappa shape index (κ1) is 22.9. The fourth-order valence-electron chi connectivity index (χ4n) is 3.53. The number of hydrogen-bond donors (Lipinski definition) is 3. The topological polar surface area (TPSA) is 87.7 Å². The Morgan fingerprint density at radius 1 is 1.50 bits per heavy atom. The number of carboxylic acids is 1. The first-order valence-electron chi connectivity index (χ1n) is 8.23. The molecule has 1 aliphatic heterocycles. The van der Waals surface area contributed by atoms with E-state index >= 15 is 0 Å². The SMILES string of the molecule is C/C=C\[C@@H]1C[C@H](C(=O)O)N[C@H]1[C@@H](NC(C)=O)[C@](C)(CCC)OC.Cl. The van der Waals surface area contributed by atoms with E-state index in [2.05, 4.69) is 17.6 Å². The van der Waals surface area contributed by atoms with E-state index in [0.717, 1.165) is 12.8 Å². The Hall–Kier alpha value is -1.11. The molecule has 0 radical (unpaired) electrons. The molecule has 6 nitrogen and oxygen atoms in total. The van der Waals surface area contributed by atoms with Crippen molar-refractivity contribution in [1.29, 1.82) is 0 Å². The summed E-state index contributed by atoms with van der Waals surface area (Å²) in [6, 6.07) is -1.11. The highest BCUT2D eigenvalue weighted by molar-refractivity contribution is 5.85. The van der Waals surface area contributed by atoms with E-state index in [4.69, 9.17) is 4.74 Å². The molecule has 1 heterocycles. The van der Waals surface area contributed by atoms with Crippen molar-refractivity contribution in [2.24, 2.45) is 5.92 Å². The summed E-state index contributed by atoms with van der Waals surface area (Å²) in [6.45, 7) is 7.43. The summed E-state index contributed by atoms with van der Waals surface area (Å²) in [7, 11) is 1.64. The molecule has 3 N–H and O–H groups in total. The largest absolute Gasteiger partial charge is 0.480 e. The van der Waals surface area contributed by atoms with E-state index in [1.54, 1.807) is 7.11 Å². The van der Waals surface area contributed by atoms with Crippen molar-refractivity contribution in [3.05, 3.63) is 12.2 Å². The number of carbonyl (C=O) groups is 2. The molecule has 0 aromatic carbocycles. The number of carbonyl (C=O) groups excluding carboxylic acids is 1. The average molecular weight is 363 g/mol. The molecule has 5 atom stereocenters. The molecule has 0 bridgehead atoms. The van der Waals surface area contributed by atoms with Crippen LogP contribution in [0.3, 0.4) is 0 Å². The number of methoxy groups -OCH3 is 1. The van der Waals surface area contributed by atoms with Crippen LogP contribution in [0.5, 0.6) is 0 Å². The summed E-state index contributed by atoms with van der Waals surface area (Å²) in [5.74, 6) is -0.975. The zero-order valence-corrected chi connectivity index (χ0v) is 16.0. The van der Waals surface area contributed by atoms with Crippen molar-refractivity contribution >= 4 is 24.3 Å². The maximum atomic E-state index is 11.7. The lowest BCUT2D eigenvalue weighted by Gasteiger charge is -2.41. The summed E-state index contributed by atoms with van der Waals surface area (Å²) in [5, 5.41) is 15.5. The van der Waals surface area contributed by atoms with Crippen LogP contribution in [0.25, 0.3) is 0 Å². The standard InChI is InChI=1S/C17H30N2O4.ClH/c1-6-8-12-10-13(16(21)22)19-14(12)15(18-11(3)20)17(4,23-5)9-7-2;/h6,8,12-15,19H,7,9-10H2,1-5H3,(H,18,20)(H,21,22);1H/b8-6-;/t12-,13-,14-,15-,17+;/m1./s1. The van der Waals surface area contributed by atoms with E-state index in [1.165, 1.54) is 6.92 Å². The van der Waals surface area contributed by atoms with E-state index in [1.807, 2.05) is 26.0 Å². The Morgan fingerprint density at radius 3 is 2.54 bits per heavy atom. The second-order valence-electron chi connectivity index (χ2n) is 6.45. The summed E-state index contributed by atoms with van der Waals surface area (Å²) in [6.07, 6.45) is 6.12. The first-order chi connectivity index (χ1) is 10.8. The van der Waals surface area contributed by atoms with Crippen LogP contribution >= 0.6 is 12.4 Å². The Bertz CT molecular complexity index is 458. The van der Waals surface area contributed by atoms with Crippen molar-refractivity contribution in [3.63, 3.8) is 0 Å². The molecule has 0 unspecified atom stereocenters. The van der Waals surface area contributed by atoms with Gasteiger partial charge >= 0.3 is 5.97 Å². The van der Waals surface area contributed by atoms with Crippen molar-refractivity contribution in [1.82, 2.24) is 10.6 Å². The van der Waals surface area contributed by atoms with Gasteiger partial charge in [0.2, 0.25) is 5.91 Å².